The molecule has 1 atom stereocenters. The molecular weight excluding hydrogens is 379 g/mol. The Bertz CT molecular complexity index is 880. The standard InChI is InChI=1S/C17H17FN2O4S2/c1-11-10-26-17(23)20(11)8-15(22)24-9-14(21)19-6-7-25-16(19)12-4-2-3-5-13(12)18/h2-5,10,16H,6-9H2,1H3/t16-/m0/s1. The molecule has 1 aliphatic rings. The molecule has 1 aromatic heterocycles. The fourth-order valence-electron chi connectivity index (χ4n) is 2.65. The van der Waals surface area contributed by atoms with E-state index in [2.05, 4.69) is 0 Å². The SMILES string of the molecule is Cc1csc(=O)n1CC(=O)OCC(=O)N1CCS[C@H]1c1ccccc1F. The lowest BCUT2D eigenvalue weighted by Crippen LogP contribution is -2.35. The first-order valence-electron chi connectivity index (χ1n) is 7.93. The summed E-state index contributed by atoms with van der Waals surface area (Å²) in [6, 6.07) is 6.33. The van der Waals surface area contributed by atoms with Gasteiger partial charge in [0.1, 0.15) is 17.7 Å². The van der Waals surface area contributed by atoms with Crippen molar-refractivity contribution in [3.8, 4) is 0 Å². The molecule has 138 valence electrons. The maximum atomic E-state index is 14.0. The molecule has 0 aliphatic carbocycles. The van der Waals surface area contributed by atoms with Gasteiger partial charge in [-0.3, -0.25) is 19.0 Å². The highest BCUT2D eigenvalue weighted by molar-refractivity contribution is 7.99. The topological polar surface area (TPSA) is 68.6 Å². The van der Waals surface area contributed by atoms with Gasteiger partial charge >= 0.3 is 10.8 Å². The van der Waals surface area contributed by atoms with E-state index in [1.165, 1.54) is 27.3 Å². The molecule has 0 N–H and O–H groups in total. The zero-order chi connectivity index (χ0) is 18.7. The largest absolute Gasteiger partial charge is 0.454 e. The molecule has 3 rings (SSSR count). The monoisotopic (exact) mass is 396 g/mol. The normalized spacial score (nSPS) is 16.7. The van der Waals surface area contributed by atoms with Crippen LogP contribution in [0.2, 0.25) is 0 Å². The maximum absolute atomic E-state index is 14.0. The third-order valence-electron chi connectivity index (χ3n) is 4.00. The number of esters is 1. The minimum absolute atomic E-state index is 0.229. The molecule has 2 heterocycles. The number of hydrogen-bond donors (Lipinski definition) is 0. The molecule has 1 saturated heterocycles. The Hall–Kier alpha value is -2.13. The number of nitrogens with zero attached hydrogens (tertiary/aromatic N) is 2. The van der Waals surface area contributed by atoms with Gasteiger partial charge in [0.2, 0.25) is 0 Å². The molecule has 1 aliphatic heterocycles. The number of hydrogen-bond acceptors (Lipinski definition) is 6. The minimum atomic E-state index is -0.656. The second kappa shape index (κ2) is 8.05. The Morgan fingerprint density at radius 3 is 2.81 bits per heavy atom. The van der Waals surface area contributed by atoms with Crippen LogP contribution in [0.25, 0.3) is 0 Å². The van der Waals surface area contributed by atoms with Gasteiger partial charge in [0.05, 0.1) is 0 Å². The van der Waals surface area contributed by atoms with Gasteiger partial charge in [0.15, 0.2) is 6.61 Å². The molecule has 1 fully saturated rings. The summed E-state index contributed by atoms with van der Waals surface area (Å²) >= 11 is 2.47. The van der Waals surface area contributed by atoms with Crippen molar-refractivity contribution in [3.63, 3.8) is 0 Å². The molecule has 0 radical (unpaired) electrons. The second-order valence-electron chi connectivity index (χ2n) is 5.72. The van der Waals surface area contributed by atoms with Crippen molar-refractivity contribution in [3.05, 3.63) is 56.4 Å². The molecule has 0 spiro atoms. The summed E-state index contributed by atoms with van der Waals surface area (Å²) in [4.78, 5) is 37.2. The number of benzene rings is 1. The predicted octanol–water partition coefficient (Wildman–Crippen LogP) is 2.17. The van der Waals surface area contributed by atoms with Gasteiger partial charge in [-0.15, -0.1) is 11.8 Å². The van der Waals surface area contributed by atoms with E-state index in [1.807, 2.05) is 0 Å². The number of aryl methyl sites for hydroxylation is 1. The molecule has 0 unspecified atom stereocenters. The molecular formula is C17H17FN2O4S2. The summed E-state index contributed by atoms with van der Waals surface area (Å²) in [6.45, 7) is 1.52. The third-order valence-corrected chi connectivity index (χ3v) is 6.13. The van der Waals surface area contributed by atoms with Crippen molar-refractivity contribution in [2.75, 3.05) is 18.9 Å². The zero-order valence-corrected chi connectivity index (χ0v) is 15.6. The number of rotatable bonds is 5. The lowest BCUT2D eigenvalue weighted by atomic mass is 10.2. The Morgan fingerprint density at radius 2 is 2.12 bits per heavy atom. The summed E-state index contributed by atoms with van der Waals surface area (Å²) in [5.41, 5.74) is 1.11. The van der Waals surface area contributed by atoms with E-state index in [4.69, 9.17) is 4.74 Å². The van der Waals surface area contributed by atoms with Crippen LogP contribution >= 0.6 is 23.1 Å². The number of carbonyl (C=O) groups excluding carboxylic acids is 2. The van der Waals surface area contributed by atoms with Gasteiger partial charge in [-0.2, -0.15) is 0 Å². The molecule has 6 nitrogen and oxygen atoms in total. The summed E-state index contributed by atoms with van der Waals surface area (Å²) in [7, 11) is 0. The van der Waals surface area contributed by atoms with E-state index in [1.54, 1.807) is 30.5 Å². The van der Waals surface area contributed by atoms with Crippen molar-refractivity contribution in [2.24, 2.45) is 0 Å². The van der Waals surface area contributed by atoms with Crippen LogP contribution in [0.1, 0.15) is 16.6 Å². The van der Waals surface area contributed by atoms with E-state index >= 15 is 0 Å². The van der Waals surface area contributed by atoms with Crippen LogP contribution < -0.4 is 4.87 Å². The number of thiazole rings is 1. The average molecular weight is 396 g/mol. The Balaban J connectivity index is 1.60. The summed E-state index contributed by atoms with van der Waals surface area (Å²) in [5, 5.41) is 1.23. The number of carbonyl (C=O) groups is 2. The van der Waals surface area contributed by atoms with Crippen molar-refractivity contribution in [2.45, 2.75) is 18.8 Å². The Labute approximate surface area is 157 Å². The molecule has 0 saturated carbocycles. The molecule has 1 amide bonds. The molecule has 9 heteroatoms. The van der Waals surface area contributed by atoms with Gasteiger partial charge in [-0.25, -0.2) is 4.39 Å². The van der Waals surface area contributed by atoms with Crippen LogP contribution in [0, 0.1) is 12.7 Å². The van der Waals surface area contributed by atoms with Crippen molar-refractivity contribution < 1.29 is 18.7 Å². The molecule has 1 aromatic carbocycles. The third kappa shape index (κ3) is 3.99. The fourth-order valence-corrected chi connectivity index (χ4v) is 4.69. The summed E-state index contributed by atoms with van der Waals surface area (Å²) in [6.07, 6.45) is 0. The van der Waals surface area contributed by atoms with Gasteiger partial charge in [-0.05, 0) is 13.0 Å². The highest BCUT2D eigenvalue weighted by Gasteiger charge is 2.32. The maximum Gasteiger partial charge on any atom is 0.326 e. The van der Waals surface area contributed by atoms with E-state index < -0.39 is 18.0 Å². The van der Waals surface area contributed by atoms with Crippen LogP contribution in [0.3, 0.4) is 0 Å². The summed E-state index contributed by atoms with van der Waals surface area (Å²) in [5.74, 6) is -0.724. The van der Waals surface area contributed by atoms with E-state index in [0.29, 0.717) is 23.6 Å². The second-order valence-corrected chi connectivity index (χ2v) is 7.73. The molecule has 2 aromatic rings. The lowest BCUT2D eigenvalue weighted by molar-refractivity contribution is -0.152. The average Bonchev–Trinajstić information content (AvgIpc) is 3.22. The van der Waals surface area contributed by atoms with Crippen LogP contribution in [0.5, 0.6) is 0 Å². The first-order valence-corrected chi connectivity index (χ1v) is 9.86. The smallest absolute Gasteiger partial charge is 0.326 e. The van der Waals surface area contributed by atoms with E-state index in [-0.39, 0.29) is 23.1 Å². The van der Waals surface area contributed by atoms with E-state index in [9.17, 15) is 18.8 Å². The highest BCUT2D eigenvalue weighted by atomic mass is 32.2. The van der Waals surface area contributed by atoms with Gasteiger partial charge in [-0.1, -0.05) is 29.5 Å². The van der Waals surface area contributed by atoms with Crippen molar-refractivity contribution in [1.82, 2.24) is 9.47 Å². The first kappa shape index (κ1) is 18.7. The summed E-state index contributed by atoms with van der Waals surface area (Å²) < 4.78 is 20.3. The number of amides is 1. The Morgan fingerprint density at radius 1 is 1.35 bits per heavy atom. The van der Waals surface area contributed by atoms with Gasteiger partial charge in [0.25, 0.3) is 5.91 Å². The van der Waals surface area contributed by atoms with Crippen molar-refractivity contribution >= 4 is 35.0 Å². The number of halogens is 1. The van der Waals surface area contributed by atoms with Gasteiger partial charge < -0.3 is 9.64 Å². The quantitative estimate of drug-likeness (QED) is 0.725. The fraction of sp³-hybridized carbons (Fsp3) is 0.353. The Kier molecular flexibility index (Phi) is 5.77. The first-order chi connectivity index (χ1) is 12.5. The van der Waals surface area contributed by atoms with Crippen molar-refractivity contribution in [1.29, 1.82) is 0 Å². The number of ether oxygens (including phenoxy) is 1. The molecule has 26 heavy (non-hydrogen) atoms. The number of aromatic nitrogens is 1. The minimum Gasteiger partial charge on any atom is -0.454 e. The lowest BCUT2D eigenvalue weighted by Gasteiger charge is -2.24. The van der Waals surface area contributed by atoms with E-state index in [0.717, 1.165) is 11.3 Å². The van der Waals surface area contributed by atoms with Crippen LogP contribution in [0.4, 0.5) is 4.39 Å². The number of thioether (sulfide) groups is 1. The van der Waals surface area contributed by atoms with Crippen LogP contribution in [-0.2, 0) is 20.9 Å². The zero-order valence-electron chi connectivity index (χ0n) is 14.0. The molecule has 0 bridgehead atoms. The van der Waals surface area contributed by atoms with Crippen LogP contribution in [-0.4, -0.2) is 40.2 Å². The van der Waals surface area contributed by atoms with Crippen LogP contribution in [0.15, 0.2) is 34.4 Å². The highest BCUT2D eigenvalue weighted by Crippen LogP contribution is 2.38. The predicted molar refractivity (Wildman–Crippen MR) is 97.6 cm³/mol. The van der Waals surface area contributed by atoms with Gasteiger partial charge in [0, 0.05) is 28.9 Å².